The summed E-state index contributed by atoms with van der Waals surface area (Å²) in [5.41, 5.74) is 0. The number of morpholine rings is 1. The van der Waals surface area contributed by atoms with Gasteiger partial charge in [0.25, 0.3) is 0 Å². The number of likely N-dealkylation sites (tertiary alicyclic amines) is 1. The van der Waals surface area contributed by atoms with Gasteiger partial charge in [0.2, 0.25) is 0 Å². The summed E-state index contributed by atoms with van der Waals surface area (Å²) in [6, 6.07) is -0.813. The lowest BCUT2D eigenvalue weighted by molar-refractivity contribution is -0.147. The Bertz CT molecular complexity index is 364. The van der Waals surface area contributed by atoms with Crippen molar-refractivity contribution in [3.8, 4) is 0 Å². The van der Waals surface area contributed by atoms with Crippen molar-refractivity contribution in [2.75, 3.05) is 39.4 Å². The highest BCUT2D eigenvalue weighted by atomic mass is 16.5. The first-order chi connectivity index (χ1) is 9.63. The molecule has 7 nitrogen and oxygen atoms in total. The molecule has 2 unspecified atom stereocenters. The first kappa shape index (κ1) is 15.1. The molecule has 0 radical (unpaired) electrons. The number of nitrogens with zero attached hydrogens (tertiary/aromatic N) is 2. The Kier molecular flexibility index (Phi) is 5.19. The van der Waals surface area contributed by atoms with Gasteiger partial charge in [-0.3, -0.25) is 4.90 Å². The molecule has 20 heavy (non-hydrogen) atoms. The molecule has 2 N–H and O–H groups in total. The molecule has 0 aromatic carbocycles. The molecule has 2 amide bonds. The Morgan fingerprint density at radius 3 is 2.90 bits per heavy atom. The maximum atomic E-state index is 12.1. The minimum Gasteiger partial charge on any atom is -0.480 e. The molecular weight excluding hydrogens is 262 g/mol. The fraction of sp³-hybridized carbons (Fsp3) is 0.846. The van der Waals surface area contributed by atoms with Gasteiger partial charge in [-0.1, -0.05) is 6.92 Å². The standard InChI is InChI=1S/C13H23N3O4/c1-2-15-5-3-4-10(15)8-14-13(19)16-6-7-20-9-11(16)12(17)18/h10-11H,2-9H2,1H3,(H,14,19)(H,17,18). The van der Waals surface area contributed by atoms with Crippen LogP contribution in [-0.4, -0.2) is 78.4 Å². The van der Waals surface area contributed by atoms with Crippen molar-refractivity contribution in [1.82, 2.24) is 15.1 Å². The van der Waals surface area contributed by atoms with E-state index in [1.54, 1.807) is 0 Å². The summed E-state index contributed by atoms with van der Waals surface area (Å²) >= 11 is 0. The van der Waals surface area contributed by atoms with E-state index >= 15 is 0 Å². The Balaban J connectivity index is 1.85. The van der Waals surface area contributed by atoms with Gasteiger partial charge >= 0.3 is 12.0 Å². The molecule has 7 heteroatoms. The van der Waals surface area contributed by atoms with E-state index in [0.717, 1.165) is 25.9 Å². The number of ether oxygens (including phenoxy) is 1. The van der Waals surface area contributed by atoms with Crippen LogP contribution < -0.4 is 5.32 Å². The molecule has 2 heterocycles. The van der Waals surface area contributed by atoms with E-state index in [2.05, 4.69) is 17.1 Å². The lowest BCUT2D eigenvalue weighted by Crippen LogP contribution is -2.56. The molecule has 0 aliphatic carbocycles. The minimum absolute atomic E-state index is 0.0628. The second-order valence-corrected chi connectivity index (χ2v) is 5.23. The van der Waals surface area contributed by atoms with E-state index in [0.29, 0.717) is 25.7 Å². The number of hydrogen-bond donors (Lipinski definition) is 2. The van der Waals surface area contributed by atoms with Crippen molar-refractivity contribution in [2.24, 2.45) is 0 Å². The van der Waals surface area contributed by atoms with Crippen LogP contribution in [0.4, 0.5) is 4.79 Å². The summed E-state index contributed by atoms with van der Waals surface area (Å²) in [7, 11) is 0. The molecule has 0 bridgehead atoms. The van der Waals surface area contributed by atoms with E-state index in [9.17, 15) is 9.59 Å². The minimum atomic E-state index is -1.02. The molecule has 2 aliphatic heterocycles. The van der Waals surface area contributed by atoms with Gasteiger partial charge in [-0.2, -0.15) is 0 Å². The smallest absolute Gasteiger partial charge is 0.328 e. The quantitative estimate of drug-likeness (QED) is 0.758. The summed E-state index contributed by atoms with van der Waals surface area (Å²) in [5, 5.41) is 12.0. The fourth-order valence-electron chi connectivity index (χ4n) is 2.90. The van der Waals surface area contributed by atoms with Crippen LogP contribution in [0.25, 0.3) is 0 Å². The molecule has 2 atom stereocenters. The second-order valence-electron chi connectivity index (χ2n) is 5.23. The van der Waals surface area contributed by atoms with Gasteiger partial charge in [-0.15, -0.1) is 0 Å². The SMILES string of the molecule is CCN1CCCC1CNC(=O)N1CCOCC1C(=O)O. The summed E-state index contributed by atoms with van der Waals surface area (Å²) in [6.45, 7) is 5.53. The van der Waals surface area contributed by atoms with Gasteiger partial charge in [0, 0.05) is 19.1 Å². The maximum Gasteiger partial charge on any atom is 0.328 e. The Morgan fingerprint density at radius 2 is 2.20 bits per heavy atom. The number of urea groups is 1. The molecular formula is C13H23N3O4. The van der Waals surface area contributed by atoms with Gasteiger partial charge in [-0.05, 0) is 25.9 Å². The van der Waals surface area contributed by atoms with Crippen LogP contribution in [0.15, 0.2) is 0 Å². The van der Waals surface area contributed by atoms with Gasteiger partial charge < -0.3 is 20.1 Å². The molecule has 2 saturated heterocycles. The van der Waals surface area contributed by atoms with Crippen LogP contribution in [-0.2, 0) is 9.53 Å². The monoisotopic (exact) mass is 285 g/mol. The molecule has 2 rings (SSSR count). The van der Waals surface area contributed by atoms with Crippen molar-refractivity contribution < 1.29 is 19.4 Å². The third kappa shape index (κ3) is 3.40. The predicted octanol–water partition coefficient (Wildman–Crippen LogP) is -0.0343. The highest BCUT2D eigenvalue weighted by molar-refractivity contribution is 5.83. The van der Waals surface area contributed by atoms with Crippen molar-refractivity contribution in [3.63, 3.8) is 0 Å². The average molecular weight is 285 g/mol. The summed E-state index contributed by atoms with van der Waals surface area (Å²) < 4.78 is 5.13. The van der Waals surface area contributed by atoms with Gasteiger partial charge in [0.1, 0.15) is 0 Å². The summed E-state index contributed by atoms with van der Waals surface area (Å²) in [5.74, 6) is -1.02. The van der Waals surface area contributed by atoms with Crippen molar-refractivity contribution in [2.45, 2.75) is 31.8 Å². The van der Waals surface area contributed by atoms with Crippen molar-refractivity contribution in [3.05, 3.63) is 0 Å². The zero-order chi connectivity index (χ0) is 14.5. The third-order valence-corrected chi connectivity index (χ3v) is 4.07. The number of carboxylic acid groups (broad SMARTS) is 1. The summed E-state index contributed by atoms with van der Waals surface area (Å²) in [4.78, 5) is 27.0. The number of aliphatic carboxylic acids is 1. The number of carbonyl (C=O) groups excluding carboxylic acids is 1. The number of carboxylic acids is 1. The van der Waals surface area contributed by atoms with Gasteiger partial charge in [0.15, 0.2) is 6.04 Å². The third-order valence-electron chi connectivity index (χ3n) is 4.07. The highest BCUT2D eigenvalue weighted by Crippen LogP contribution is 2.16. The summed E-state index contributed by atoms with van der Waals surface area (Å²) in [6.07, 6.45) is 2.24. The van der Waals surface area contributed by atoms with Crippen LogP contribution in [0, 0.1) is 0 Å². The lowest BCUT2D eigenvalue weighted by Gasteiger charge is -2.33. The molecule has 2 aliphatic rings. The van der Waals surface area contributed by atoms with Crippen molar-refractivity contribution >= 4 is 12.0 Å². The predicted molar refractivity (Wildman–Crippen MR) is 72.6 cm³/mol. The lowest BCUT2D eigenvalue weighted by atomic mass is 10.2. The van der Waals surface area contributed by atoms with Crippen molar-refractivity contribution in [1.29, 1.82) is 0 Å². The number of likely N-dealkylation sites (N-methyl/N-ethyl adjacent to an activating group) is 1. The number of amides is 2. The van der Waals surface area contributed by atoms with E-state index in [-0.39, 0.29) is 12.6 Å². The average Bonchev–Trinajstić information content (AvgIpc) is 2.92. The normalized spacial score (nSPS) is 27.6. The van der Waals surface area contributed by atoms with E-state index in [1.165, 1.54) is 4.90 Å². The van der Waals surface area contributed by atoms with E-state index < -0.39 is 12.0 Å². The second kappa shape index (κ2) is 6.90. The van der Waals surface area contributed by atoms with Crippen LogP contribution in [0.5, 0.6) is 0 Å². The number of nitrogens with one attached hydrogen (secondary N) is 1. The van der Waals surface area contributed by atoms with E-state index in [4.69, 9.17) is 9.84 Å². The first-order valence-electron chi connectivity index (χ1n) is 7.22. The maximum absolute atomic E-state index is 12.1. The van der Waals surface area contributed by atoms with E-state index in [1.807, 2.05) is 0 Å². The Labute approximate surface area is 118 Å². The van der Waals surface area contributed by atoms with Crippen LogP contribution in [0.2, 0.25) is 0 Å². The van der Waals surface area contributed by atoms with Crippen LogP contribution in [0.1, 0.15) is 19.8 Å². The zero-order valence-corrected chi connectivity index (χ0v) is 11.9. The van der Waals surface area contributed by atoms with Crippen LogP contribution >= 0.6 is 0 Å². The zero-order valence-electron chi connectivity index (χ0n) is 11.9. The Hall–Kier alpha value is -1.34. The fourth-order valence-corrected chi connectivity index (χ4v) is 2.90. The first-order valence-corrected chi connectivity index (χ1v) is 7.22. The molecule has 0 spiro atoms. The molecule has 2 fully saturated rings. The molecule has 0 aromatic rings. The largest absolute Gasteiger partial charge is 0.480 e. The molecule has 0 aromatic heterocycles. The topological polar surface area (TPSA) is 82.1 Å². The molecule has 0 saturated carbocycles. The highest BCUT2D eigenvalue weighted by Gasteiger charge is 2.33. The van der Waals surface area contributed by atoms with Crippen LogP contribution in [0.3, 0.4) is 0 Å². The number of carbonyl (C=O) groups is 2. The number of hydrogen-bond acceptors (Lipinski definition) is 4. The molecule has 114 valence electrons. The number of rotatable bonds is 4. The Morgan fingerprint density at radius 1 is 1.40 bits per heavy atom. The van der Waals surface area contributed by atoms with Gasteiger partial charge in [0.05, 0.1) is 13.2 Å². The van der Waals surface area contributed by atoms with Gasteiger partial charge in [-0.25, -0.2) is 9.59 Å².